The Kier molecular flexibility index (Phi) is 6.09. The number of guanidine groups is 1. The van der Waals surface area contributed by atoms with Gasteiger partial charge in [-0.25, -0.2) is 9.83 Å². The molecule has 25 heavy (non-hydrogen) atoms. The Morgan fingerprint density at radius 1 is 1.44 bits per heavy atom. The summed E-state index contributed by atoms with van der Waals surface area (Å²) in [6.45, 7) is 3.85. The van der Waals surface area contributed by atoms with Gasteiger partial charge in [-0.2, -0.15) is 0 Å². The molecule has 1 aliphatic heterocycles. The van der Waals surface area contributed by atoms with Gasteiger partial charge < -0.3 is 11.1 Å². The van der Waals surface area contributed by atoms with Crippen molar-refractivity contribution in [2.24, 2.45) is 10.4 Å². The molecule has 1 heterocycles. The number of hydrogen-bond donors (Lipinski definition) is 4. The molecule has 138 valence electrons. The molecule has 1 fully saturated rings. The van der Waals surface area contributed by atoms with E-state index in [9.17, 15) is 4.79 Å². The van der Waals surface area contributed by atoms with E-state index in [0.29, 0.717) is 24.5 Å². The zero-order chi connectivity index (χ0) is 18.8. The first-order valence-electron chi connectivity index (χ1n) is 7.31. The van der Waals surface area contributed by atoms with Gasteiger partial charge in [0, 0.05) is 18.8 Å². The second-order valence-electron chi connectivity index (χ2n) is 6.06. The number of nitrogens with two attached hydrogens (primary N) is 1. The van der Waals surface area contributed by atoms with Gasteiger partial charge in [0.15, 0.2) is 0 Å². The molecule has 2 rings (SSSR count). The Morgan fingerprint density at radius 3 is 2.60 bits per heavy atom. The van der Waals surface area contributed by atoms with Gasteiger partial charge in [0.1, 0.15) is 5.69 Å². The summed E-state index contributed by atoms with van der Waals surface area (Å²) >= 11 is 12.3. The standard InChI is InChI=1S/C14H19Cl2N5O4/c1-14(2,7-25-21(23)24)12(22)20-4-3-18-13(20)19-11-9(15)5-8(17)6-10(11)16/h5-6,23-24H,3-4,7,17H2,1-2H3,(H,18,19). The number of anilines is 1. The number of nitrogens with zero attached hydrogens (tertiary/aromatic N) is 3. The zero-order valence-corrected chi connectivity index (χ0v) is 15.2. The summed E-state index contributed by atoms with van der Waals surface area (Å²) in [4.78, 5) is 23.1. The number of amides is 1. The van der Waals surface area contributed by atoms with Crippen molar-refractivity contribution in [1.29, 1.82) is 0 Å². The van der Waals surface area contributed by atoms with Crippen LogP contribution in [-0.2, 0) is 9.63 Å². The van der Waals surface area contributed by atoms with Crippen LogP contribution in [0.4, 0.5) is 11.4 Å². The molecule has 11 heteroatoms. The van der Waals surface area contributed by atoms with Crippen molar-refractivity contribution >= 4 is 46.4 Å². The maximum atomic E-state index is 12.8. The molecule has 1 aliphatic rings. The highest BCUT2D eigenvalue weighted by atomic mass is 35.5. The molecule has 1 saturated heterocycles. The maximum Gasteiger partial charge on any atom is 0.237 e. The van der Waals surface area contributed by atoms with Crippen LogP contribution >= 0.6 is 23.2 Å². The Balaban J connectivity index is 2.27. The first-order chi connectivity index (χ1) is 11.6. The predicted octanol–water partition coefficient (Wildman–Crippen LogP) is 2.03. The highest BCUT2D eigenvalue weighted by Crippen LogP contribution is 2.35. The Hall–Kier alpha value is -1.62. The summed E-state index contributed by atoms with van der Waals surface area (Å²) in [5, 5.41) is 20.4. The number of halogens is 2. The Morgan fingerprint density at radius 2 is 2.04 bits per heavy atom. The monoisotopic (exact) mass is 391 g/mol. The molecule has 1 aromatic rings. The molecule has 1 amide bonds. The van der Waals surface area contributed by atoms with Crippen LogP contribution in [0.25, 0.3) is 0 Å². The fraction of sp³-hybridized carbons (Fsp3) is 0.429. The minimum atomic E-state index is -1.04. The summed E-state index contributed by atoms with van der Waals surface area (Å²) in [5.41, 5.74) is 5.34. The van der Waals surface area contributed by atoms with Gasteiger partial charge in [-0.15, -0.1) is 0 Å². The summed E-state index contributed by atoms with van der Waals surface area (Å²) < 4.78 is 0. The molecule has 9 nitrogen and oxygen atoms in total. The normalized spacial score (nSPS) is 16.6. The van der Waals surface area contributed by atoms with Gasteiger partial charge in [0.25, 0.3) is 0 Å². The van der Waals surface area contributed by atoms with Crippen molar-refractivity contribution in [2.75, 3.05) is 25.4 Å². The van der Waals surface area contributed by atoms with E-state index in [-0.39, 0.29) is 28.5 Å². The number of carbonyl (C=O) groups is 1. The molecule has 0 spiro atoms. The van der Waals surface area contributed by atoms with E-state index in [1.807, 2.05) is 0 Å². The van der Waals surface area contributed by atoms with E-state index in [2.05, 4.69) is 15.1 Å². The van der Waals surface area contributed by atoms with E-state index in [1.165, 1.54) is 17.0 Å². The van der Waals surface area contributed by atoms with Crippen molar-refractivity contribution in [3.05, 3.63) is 22.2 Å². The lowest BCUT2D eigenvalue weighted by Gasteiger charge is -2.28. The number of carbonyl (C=O) groups excluding carboxylic acids is 1. The lowest BCUT2D eigenvalue weighted by Crippen LogP contribution is -2.46. The van der Waals surface area contributed by atoms with Crippen LogP contribution in [0.2, 0.25) is 10.0 Å². The minimum Gasteiger partial charge on any atom is -0.399 e. The predicted molar refractivity (Wildman–Crippen MR) is 92.8 cm³/mol. The third kappa shape index (κ3) is 4.72. The van der Waals surface area contributed by atoms with Crippen LogP contribution in [0.5, 0.6) is 0 Å². The third-order valence-corrected chi connectivity index (χ3v) is 4.07. The van der Waals surface area contributed by atoms with Crippen molar-refractivity contribution in [2.45, 2.75) is 13.8 Å². The summed E-state index contributed by atoms with van der Waals surface area (Å²) in [7, 11) is 0. The number of rotatable bonds is 5. The van der Waals surface area contributed by atoms with Gasteiger partial charge in [0.2, 0.25) is 11.9 Å². The fourth-order valence-electron chi connectivity index (χ4n) is 2.22. The van der Waals surface area contributed by atoms with Crippen LogP contribution in [0.3, 0.4) is 0 Å². The van der Waals surface area contributed by atoms with Crippen LogP contribution in [-0.4, -0.2) is 52.3 Å². The summed E-state index contributed by atoms with van der Waals surface area (Å²) in [6.07, 6.45) is 0. The van der Waals surface area contributed by atoms with Gasteiger partial charge in [0.05, 0.1) is 27.5 Å². The van der Waals surface area contributed by atoms with Gasteiger partial charge in [-0.3, -0.25) is 20.1 Å². The van der Waals surface area contributed by atoms with Gasteiger partial charge in [-0.1, -0.05) is 23.2 Å². The first kappa shape index (κ1) is 19.7. The van der Waals surface area contributed by atoms with Gasteiger partial charge >= 0.3 is 0 Å². The van der Waals surface area contributed by atoms with E-state index >= 15 is 0 Å². The third-order valence-electron chi connectivity index (χ3n) is 3.50. The molecular formula is C14H19Cl2N5O4. The number of nitrogen functional groups attached to an aromatic ring is 1. The van der Waals surface area contributed by atoms with Crippen molar-refractivity contribution < 1.29 is 20.0 Å². The molecule has 1 aromatic carbocycles. The SMILES string of the molecule is CC(C)(CON(O)O)C(=O)N1CCN/C1=N\c1c(Cl)cc(N)cc1Cl. The van der Waals surface area contributed by atoms with Crippen molar-refractivity contribution in [3.8, 4) is 0 Å². The molecule has 0 aromatic heterocycles. The molecule has 0 saturated carbocycles. The van der Waals surface area contributed by atoms with Crippen LogP contribution in [0, 0.1) is 5.41 Å². The quantitative estimate of drug-likeness (QED) is 0.447. The largest absolute Gasteiger partial charge is 0.399 e. The zero-order valence-electron chi connectivity index (χ0n) is 13.7. The van der Waals surface area contributed by atoms with Crippen molar-refractivity contribution in [3.63, 3.8) is 0 Å². The number of nitrogens with one attached hydrogen (secondary N) is 1. The van der Waals surface area contributed by atoms with E-state index in [0.717, 1.165) is 0 Å². The van der Waals surface area contributed by atoms with Crippen LogP contribution in [0.15, 0.2) is 17.1 Å². The van der Waals surface area contributed by atoms with E-state index in [1.54, 1.807) is 13.8 Å². The van der Waals surface area contributed by atoms with Gasteiger partial charge in [-0.05, 0) is 26.0 Å². The molecule has 0 radical (unpaired) electrons. The lowest BCUT2D eigenvalue weighted by molar-refractivity contribution is -0.495. The molecule has 0 aliphatic carbocycles. The minimum absolute atomic E-state index is 0.244. The van der Waals surface area contributed by atoms with E-state index < -0.39 is 10.8 Å². The smallest absolute Gasteiger partial charge is 0.237 e. The maximum absolute atomic E-state index is 12.8. The van der Waals surface area contributed by atoms with E-state index in [4.69, 9.17) is 39.4 Å². The highest BCUT2D eigenvalue weighted by Gasteiger charge is 2.37. The lowest BCUT2D eigenvalue weighted by atomic mass is 9.93. The molecule has 0 unspecified atom stereocenters. The summed E-state index contributed by atoms with van der Waals surface area (Å²) in [6, 6.07) is 3.03. The molecule has 0 atom stereocenters. The number of aliphatic imine (C=N–C) groups is 1. The number of hydrogen-bond acceptors (Lipinski definition) is 7. The number of benzene rings is 1. The molecule has 0 bridgehead atoms. The molecular weight excluding hydrogens is 373 g/mol. The topological polar surface area (TPSA) is 124 Å². The fourth-order valence-corrected chi connectivity index (χ4v) is 2.81. The first-order valence-corrected chi connectivity index (χ1v) is 8.07. The van der Waals surface area contributed by atoms with Crippen LogP contribution in [0.1, 0.15) is 13.8 Å². The summed E-state index contributed by atoms with van der Waals surface area (Å²) in [5.74, 6) is -0.0303. The average molecular weight is 392 g/mol. The Bertz CT molecular complexity index is 673. The second-order valence-corrected chi connectivity index (χ2v) is 6.88. The molecule has 5 N–H and O–H groups in total. The highest BCUT2D eigenvalue weighted by molar-refractivity contribution is 6.39. The van der Waals surface area contributed by atoms with Crippen LogP contribution < -0.4 is 11.1 Å². The average Bonchev–Trinajstić information content (AvgIpc) is 2.96. The Labute approximate surface area is 154 Å². The second kappa shape index (κ2) is 7.73. The van der Waals surface area contributed by atoms with Crippen molar-refractivity contribution in [1.82, 2.24) is 15.6 Å².